The Hall–Kier alpha value is -9.52. The Labute approximate surface area is 633 Å². The molecule has 2 amide bonds. The summed E-state index contributed by atoms with van der Waals surface area (Å²) in [5, 5.41) is 33.4. The van der Waals surface area contributed by atoms with E-state index in [0.29, 0.717) is 110 Å². The number of carboxylic acids is 1. The number of amides is 2. The van der Waals surface area contributed by atoms with E-state index in [4.69, 9.17) is 33.5 Å². The van der Waals surface area contributed by atoms with Crippen LogP contribution in [0.5, 0.6) is 34.5 Å². The molecular weight excluding hydrogens is 1340 g/mol. The van der Waals surface area contributed by atoms with Crippen molar-refractivity contribution in [2.75, 3.05) is 59.1 Å². The third-order valence-electron chi connectivity index (χ3n) is 16.4. The van der Waals surface area contributed by atoms with E-state index in [2.05, 4.69) is 115 Å². The summed E-state index contributed by atoms with van der Waals surface area (Å²) in [6.07, 6.45) is 7.76. The number of carbonyl (C=O) groups is 5. The molecule has 0 saturated heterocycles. The number of anilines is 1. The summed E-state index contributed by atoms with van der Waals surface area (Å²) in [6, 6.07) is 36.4. The van der Waals surface area contributed by atoms with Gasteiger partial charge in [0.25, 0.3) is 0 Å². The maximum absolute atomic E-state index is 12.7. The van der Waals surface area contributed by atoms with Gasteiger partial charge in [-0.3, -0.25) is 14.4 Å². The van der Waals surface area contributed by atoms with E-state index in [1.165, 1.54) is 22.8 Å². The van der Waals surface area contributed by atoms with Crippen molar-refractivity contribution < 1.29 is 67.7 Å². The molecule has 1 aromatic heterocycles. The second-order valence-corrected chi connectivity index (χ2v) is 26.4. The number of likely N-dealkylation sites (N-methyl/N-ethyl adjacent to an activating group) is 1. The van der Waals surface area contributed by atoms with Crippen LogP contribution in [0.2, 0.25) is 0 Å². The molecule has 6 aromatic carbocycles. The topological polar surface area (TPSA) is 242 Å². The molecule has 18 heteroatoms. The van der Waals surface area contributed by atoms with E-state index < -0.39 is 5.97 Å². The number of phenols is 1. The van der Waals surface area contributed by atoms with Crippen molar-refractivity contribution in [3.05, 3.63) is 205 Å². The SMILES string of the molecule is CC.CC(C)c1cccc(C(=O)O)c1O.CCCOC(=O)c1cccc(C(C)C)c1OCC.CCOc1c(C=O)cccc1C(C)C.CCOc1c(CN(C)C(=O)/C=C/c2cnc3c(c2)CCC(=O)N3)cccc1C(C)C.CCOc1c(CNC)cccc1C(C)C.CCOc1c(CO)cccc1C(C)C. The van der Waals surface area contributed by atoms with Crippen LogP contribution in [0, 0.1) is 0 Å². The standard InChI is InChI=1S/C24H29N3O3.C15H22O3.C13H21NO.C12H18O2.C12H16O2.C10H12O3.C2H6/c1-5-30-23-19(7-6-8-20(23)16(2)3)15-27(4)22(29)12-9-17-13-18-10-11-21(28)26-24(18)25-14-17;1-5-10-18-15(16)13-9-7-8-12(11(3)4)14(13)17-6-2;1-5-15-13-11(9-14-4)7-6-8-12(13)10(2)3;2*1-4-14-12-10(8-13)6-5-7-11(12)9(2)3;1-6(2)7-4-3-5-8(9(7)11)10(12)13;1-2/h6-9,12-14,16H,5,10-11,15H2,1-4H3,(H,25,26,28);7-9,11H,5-6,10H2,1-4H3;6-8,10,14H,5,9H2,1-4H3;5-7,9,13H,4,8H2,1-3H3;5-9H,4H2,1-3H3;3-6,11H,1-2H3,(H,12,13);1-2H3/b12-9+;;;;;;. The number of aldehydes is 1. The van der Waals surface area contributed by atoms with Crippen molar-refractivity contribution in [3.8, 4) is 34.5 Å². The number of carbonyl (C=O) groups excluding carboxylic acids is 4. The average molecular weight is 1460 g/mol. The van der Waals surface area contributed by atoms with E-state index in [9.17, 15) is 34.2 Å². The van der Waals surface area contributed by atoms with Gasteiger partial charge in [-0.1, -0.05) is 195 Å². The first-order valence-electron chi connectivity index (χ1n) is 37.5. The first-order valence-corrected chi connectivity index (χ1v) is 37.5. The molecule has 0 saturated carbocycles. The summed E-state index contributed by atoms with van der Waals surface area (Å²) in [4.78, 5) is 63.5. The number of esters is 1. The zero-order valence-electron chi connectivity index (χ0n) is 67.5. The van der Waals surface area contributed by atoms with E-state index in [0.717, 1.165) is 87.8 Å². The third kappa shape index (κ3) is 29.4. The Morgan fingerprint density at radius 1 is 0.566 bits per heavy atom. The van der Waals surface area contributed by atoms with Gasteiger partial charge in [0.15, 0.2) is 6.29 Å². The number of carboxylic acid groups (broad SMARTS) is 1. The highest BCUT2D eigenvalue weighted by Crippen LogP contribution is 2.36. The molecule has 0 atom stereocenters. The maximum Gasteiger partial charge on any atom is 0.341 e. The zero-order valence-corrected chi connectivity index (χ0v) is 67.5. The number of nitrogens with one attached hydrogen (secondary N) is 2. The lowest BCUT2D eigenvalue weighted by Gasteiger charge is -2.21. The Morgan fingerprint density at radius 3 is 1.44 bits per heavy atom. The molecule has 1 aliphatic heterocycles. The minimum Gasteiger partial charge on any atom is -0.507 e. The number of hydrogen-bond donors (Lipinski definition) is 5. The van der Waals surface area contributed by atoms with Crippen LogP contribution in [0.1, 0.15) is 279 Å². The van der Waals surface area contributed by atoms with Gasteiger partial charge in [0.1, 0.15) is 51.4 Å². The highest BCUT2D eigenvalue weighted by Gasteiger charge is 2.22. The molecule has 0 radical (unpaired) electrons. The Kier molecular flexibility index (Phi) is 43.7. The fraction of sp³-hybridized carbons (Fsp3) is 0.455. The summed E-state index contributed by atoms with van der Waals surface area (Å²) in [6.45, 7) is 45.7. The lowest BCUT2D eigenvalue weighted by molar-refractivity contribution is -0.125. The third-order valence-corrected chi connectivity index (χ3v) is 16.4. The monoisotopic (exact) mass is 1460 g/mol. The predicted molar refractivity (Wildman–Crippen MR) is 430 cm³/mol. The number of nitrogens with zero attached hydrogens (tertiary/aromatic N) is 2. The first-order chi connectivity index (χ1) is 50.6. The number of para-hydroxylation sites is 6. The Balaban J connectivity index is 0.000000444. The maximum atomic E-state index is 12.7. The number of aromatic hydroxyl groups is 1. The molecule has 0 fully saturated rings. The number of aryl methyl sites for hydroxylation is 1. The molecular formula is C88H124N4O14. The van der Waals surface area contributed by atoms with E-state index in [-0.39, 0.29) is 41.6 Å². The fourth-order valence-electron chi connectivity index (χ4n) is 11.1. The summed E-state index contributed by atoms with van der Waals surface area (Å²) in [5.74, 6) is 5.24. The number of ether oxygens (including phenoxy) is 6. The van der Waals surface area contributed by atoms with Crippen LogP contribution in [-0.2, 0) is 40.4 Å². The van der Waals surface area contributed by atoms with Gasteiger partial charge < -0.3 is 59.3 Å². The number of aromatic nitrogens is 1. The van der Waals surface area contributed by atoms with Crippen molar-refractivity contribution in [1.82, 2.24) is 15.2 Å². The molecule has 580 valence electrons. The van der Waals surface area contributed by atoms with E-state index >= 15 is 0 Å². The fourth-order valence-corrected chi connectivity index (χ4v) is 11.1. The lowest BCUT2D eigenvalue weighted by Crippen LogP contribution is -2.24. The molecule has 0 aliphatic carbocycles. The van der Waals surface area contributed by atoms with Crippen LogP contribution in [0.4, 0.5) is 5.82 Å². The van der Waals surface area contributed by atoms with Crippen molar-refractivity contribution in [3.63, 3.8) is 0 Å². The van der Waals surface area contributed by atoms with Crippen molar-refractivity contribution in [2.24, 2.45) is 0 Å². The average Bonchev–Trinajstić information content (AvgIpc) is 0.850. The smallest absolute Gasteiger partial charge is 0.341 e. The normalized spacial score (nSPS) is 11.2. The minimum atomic E-state index is -1.10. The number of aromatic carboxylic acids is 1. The van der Waals surface area contributed by atoms with Gasteiger partial charge in [-0.15, -0.1) is 0 Å². The summed E-state index contributed by atoms with van der Waals surface area (Å²) < 4.78 is 33.5. The predicted octanol–water partition coefficient (Wildman–Crippen LogP) is 19.8. The molecule has 5 N–H and O–H groups in total. The molecule has 0 spiro atoms. The van der Waals surface area contributed by atoms with Gasteiger partial charge in [-0.2, -0.15) is 0 Å². The van der Waals surface area contributed by atoms with Crippen LogP contribution in [-0.4, -0.2) is 109 Å². The van der Waals surface area contributed by atoms with Crippen LogP contribution < -0.4 is 34.3 Å². The van der Waals surface area contributed by atoms with Crippen LogP contribution in [0.25, 0.3) is 6.08 Å². The summed E-state index contributed by atoms with van der Waals surface area (Å²) in [7, 11) is 3.74. The summed E-state index contributed by atoms with van der Waals surface area (Å²) >= 11 is 0. The van der Waals surface area contributed by atoms with Crippen LogP contribution >= 0.6 is 0 Å². The van der Waals surface area contributed by atoms with Crippen LogP contribution in [0.3, 0.4) is 0 Å². The van der Waals surface area contributed by atoms with Crippen molar-refractivity contribution in [1.29, 1.82) is 0 Å². The Bertz CT molecular complexity index is 3840. The Morgan fingerprint density at radius 2 is 0.981 bits per heavy atom. The van der Waals surface area contributed by atoms with Crippen molar-refractivity contribution in [2.45, 2.75) is 213 Å². The quantitative estimate of drug-likeness (QED) is 0.0174. The second kappa shape index (κ2) is 50.1. The van der Waals surface area contributed by atoms with Gasteiger partial charge in [0.2, 0.25) is 11.8 Å². The number of fused-ring (bicyclic) bond motifs is 1. The number of aliphatic hydroxyl groups excluding tert-OH is 1. The molecule has 18 nitrogen and oxygen atoms in total. The number of benzene rings is 6. The molecule has 106 heavy (non-hydrogen) atoms. The second-order valence-electron chi connectivity index (χ2n) is 26.4. The van der Waals surface area contributed by atoms with Gasteiger partial charge >= 0.3 is 11.9 Å². The number of aliphatic hydroxyl groups is 1. The minimum absolute atomic E-state index is 0.0111. The van der Waals surface area contributed by atoms with Gasteiger partial charge in [-0.25, -0.2) is 14.6 Å². The summed E-state index contributed by atoms with van der Waals surface area (Å²) in [5.41, 5.74) is 12.5. The molecule has 7 aromatic rings. The van der Waals surface area contributed by atoms with Gasteiger partial charge in [-0.05, 0) is 165 Å². The molecule has 8 rings (SSSR count). The molecule has 0 bridgehead atoms. The van der Waals surface area contributed by atoms with Gasteiger partial charge in [0, 0.05) is 55.5 Å². The zero-order chi connectivity index (χ0) is 79.6. The van der Waals surface area contributed by atoms with Crippen molar-refractivity contribution >= 4 is 41.9 Å². The lowest BCUT2D eigenvalue weighted by atomic mass is 9.99. The van der Waals surface area contributed by atoms with E-state index in [1.54, 1.807) is 54.6 Å². The largest absolute Gasteiger partial charge is 0.507 e. The number of rotatable bonds is 28. The highest BCUT2D eigenvalue weighted by molar-refractivity contribution is 5.95. The van der Waals surface area contributed by atoms with E-state index in [1.807, 2.05) is 131 Å². The molecule has 1 aliphatic rings. The van der Waals surface area contributed by atoms with Gasteiger partial charge in [0.05, 0.1) is 51.8 Å². The number of hydrogen-bond acceptors (Lipinski definition) is 15. The number of pyridine rings is 1. The van der Waals surface area contributed by atoms with Crippen LogP contribution in [0.15, 0.2) is 128 Å². The molecule has 0 unspecified atom stereocenters. The highest BCUT2D eigenvalue weighted by atomic mass is 16.5. The first kappa shape index (κ1) is 92.6. The molecule has 2 heterocycles.